The number of hydrogen-bond acceptors (Lipinski definition) is 6. The second kappa shape index (κ2) is 10.5. The SMILES string of the molecule is CCOPc1cc(N)ccc1N=C(N)c1c(O)c(-c2ccsc2)cn(CCC(C)(C)C)c1=O. The zero-order chi connectivity index (χ0) is 24.2. The number of aromatic hydroxyl groups is 1. The third kappa shape index (κ3) is 6.22. The number of nitrogens with two attached hydrogens (primary N) is 2. The van der Waals surface area contributed by atoms with E-state index in [2.05, 4.69) is 25.8 Å². The van der Waals surface area contributed by atoms with Crippen LogP contribution in [0.1, 0.15) is 39.7 Å². The molecule has 176 valence electrons. The molecular formula is C24H31N4O3PS. The van der Waals surface area contributed by atoms with Crippen molar-refractivity contribution in [3.05, 3.63) is 57.1 Å². The summed E-state index contributed by atoms with van der Waals surface area (Å²) >= 11 is 1.51. The number of benzene rings is 1. The summed E-state index contributed by atoms with van der Waals surface area (Å²) in [5.74, 6) is -0.220. The summed E-state index contributed by atoms with van der Waals surface area (Å²) in [7, 11) is 0.0349. The van der Waals surface area contributed by atoms with Gasteiger partial charge in [0.15, 0.2) is 0 Å². The zero-order valence-electron chi connectivity index (χ0n) is 19.4. The first-order chi connectivity index (χ1) is 15.6. The zero-order valence-corrected chi connectivity index (χ0v) is 21.2. The molecule has 1 aromatic carbocycles. The van der Waals surface area contributed by atoms with Crippen molar-refractivity contribution in [2.75, 3.05) is 12.3 Å². The maximum atomic E-state index is 13.4. The molecule has 0 spiro atoms. The molecule has 0 amide bonds. The summed E-state index contributed by atoms with van der Waals surface area (Å²) in [4.78, 5) is 17.9. The van der Waals surface area contributed by atoms with Crippen LogP contribution < -0.4 is 22.3 Å². The molecular weight excluding hydrogens is 455 g/mol. The number of amidine groups is 1. The monoisotopic (exact) mass is 486 g/mol. The number of thiophene rings is 1. The molecule has 0 aliphatic carbocycles. The fourth-order valence-electron chi connectivity index (χ4n) is 3.21. The molecule has 0 aliphatic rings. The van der Waals surface area contributed by atoms with Gasteiger partial charge in [-0.05, 0) is 59.3 Å². The van der Waals surface area contributed by atoms with Crippen molar-refractivity contribution >= 4 is 42.7 Å². The van der Waals surface area contributed by atoms with Gasteiger partial charge in [-0.15, -0.1) is 0 Å². The molecule has 0 saturated heterocycles. The van der Waals surface area contributed by atoms with Crippen LogP contribution in [0.4, 0.5) is 11.4 Å². The largest absolute Gasteiger partial charge is 0.506 e. The van der Waals surface area contributed by atoms with Gasteiger partial charge in [-0.25, -0.2) is 4.99 Å². The van der Waals surface area contributed by atoms with E-state index in [4.69, 9.17) is 16.0 Å². The number of hydrogen-bond donors (Lipinski definition) is 3. The Morgan fingerprint density at radius 3 is 2.70 bits per heavy atom. The fraction of sp³-hybridized carbons (Fsp3) is 0.333. The number of aromatic nitrogens is 1. The Kier molecular flexibility index (Phi) is 7.95. The molecule has 0 radical (unpaired) electrons. The Labute approximate surface area is 200 Å². The Morgan fingerprint density at radius 1 is 1.30 bits per heavy atom. The molecule has 33 heavy (non-hydrogen) atoms. The van der Waals surface area contributed by atoms with E-state index in [1.165, 1.54) is 11.3 Å². The van der Waals surface area contributed by atoms with Gasteiger partial charge in [0.1, 0.15) is 17.1 Å². The van der Waals surface area contributed by atoms with E-state index in [-0.39, 0.29) is 36.9 Å². The number of aryl methyl sites for hydroxylation is 1. The minimum Gasteiger partial charge on any atom is -0.506 e. The molecule has 0 fully saturated rings. The summed E-state index contributed by atoms with van der Waals surface area (Å²) < 4.78 is 7.16. The molecule has 3 aromatic rings. The summed E-state index contributed by atoms with van der Waals surface area (Å²) in [5, 5.41) is 15.7. The highest BCUT2D eigenvalue weighted by Gasteiger charge is 2.21. The summed E-state index contributed by atoms with van der Waals surface area (Å²) in [5.41, 5.74) is 14.4. The minimum atomic E-state index is -0.374. The van der Waals surface area contributed by atoms with Crippen molar-refractivity contribution in [1.82, 2.24) is 4.57 Å². The van der Waals surface area contributed by atoms with Gasteiger partial charge in [0.25, 0.3) is 5.56 Å². The van der Waals surface area contributed by atoms with Crippen molar-refractivity contribution in [3.63, 3.8) is 0 Å². The molecule has 0 saturated carbocycles. The lowest BCUT2D eigenvalue weighted by atomic mass is 9.92. The Bertz CT molecular complexity index is 1200. The molecule has 7 nitrogen and oxygen atoms in total. The Hall–Kier alpha value is -2.67. The summed E-state index contributed by atoms with van der Waals surface area (Å²) in [6, 6.07) is 7.14. The topological polar surface area (TPSA) is 116 Å². The van der Waals surface area contributed by atoms with E-state index < -0.39 is 0 Å². The summed E-state index contributed by atoms with van der Waals surface area (Å²) in [6.45, 7) is 9.32. The van der Waals surface area contributed by atoms with Gasteiger partial charge < -0.3 is 25.7 Å². The van der Waals surface area contributed by atoms with Gasteiger partial charge in [0, 0.05) is 44.7 Å². The second-order valence-electron chi connectivity index (χ2n) is 8.90. The van der Waals surface area contributed by atoms with E-state index >= 15 is 0 Å². The van der Waals surface area contributed by atoms with Crippen LogP contribution in [0.5, 0.6) is 5.75 Å². The number of aliphatic imine (C=N–C) groups is 1. The van der Waals surface area contributed by atoms with Crippen molar-refractivity contribution in [1.29, 1.82) is 0 Å². The molecule has 3 rings (SSSR count). The van der Waals surface area contributed by atoms with Crippen LogP contribution in [0.2, 0.25) is 0 Å². The Morgan fingerprint density at radius 2 is 2.06 bits per heavy atom. The van der Waals surface area contributed by atoms with Crippen LogP contribution in [0.25, 0.3) is 11.1 Å². The van der Waals surface area contributed by atoms with Crippen LogP contribution in [-0.4, -0.2) is 22.1 Å². The lowest BCUT2D eigenvalue weighted by Crippen LogP contribution is -2.31. The van der Waals surface area contributed by atoms with Crippen molar-refractivity contribution in [2.45, 2.75) is 40.7 Å². The third-order valence-corrected chi connectivity index (χ3v) is 6.77. The lowest BCUT2D eigenvalue weighted by Gasteiger charge is -2.20. The van der Waals surface area contributed by atoms with E-state index in [9.17, 15) is 9.90 Å². The predicted molar refractivity (Wildman–Crippen MR) is 141 cm³/mol. The smallest absolute Gasteiger partial charge is 0.265 e. The number of rotatable bonds is 8. The van der Waals surface area contributed by atoms with E-state index in [1.807, 2.05) is 23.8 Å². The first kappa shape index (κ1) is 25.0. The molecule has 0 bridgehead atoms. The van der Waals surface area contributed by atoms with Gasteiger partial charge in [0.2, 0.25) is 0 Å². The number of nitrogens with zero attached hydrogens (tertiary/aromatic N) is 2. The minimum absolute atomic E-state index is 0.00451. The molecule has 2 aromatic heterocycles. The molecule has 9 heteroatoms. The molecule has 1 unspecified atom stereocenters. The van der Waals surface area contributed by atoms with Crippen LogP contribution in [-0.2, 0) is 11.1 Å². The molecule has 2 heterocycles. The lowest BCUT2D eigenvalue weighted by molar-refractivity contribution is 0.347. The predicted octanol–water partition coefficient (Wildman–Crippen LogP) is 4.59. The van der Waals surface area contributed by atoms with Crippen LogP contribution in [0.15, 0.2) is 51.0 Å². The van der Waals surface area contributed by atoms with Crippen molar-refractivity contribution < 1.29 is 9.63 Å². The van der Waals surface area contributed by atoms with Crippen molar-refractivity contribution in [2.24, 2.45) is 16.1 Å². The Balaban J connectivity index is 2.15. The molecule has 0 aliphatic heterocycles. The average molecular weight is 487 g/mol. The fourth-order valence-corrected chi connectivity index (χ4v) is 4.63. The molecule has 5 N–H and O–H groups in total. The van der Waals surface area contributed by atoms with E-state index in [0.717, 1.165) is 17.3 Å². The highest BCUT2D eigenvalue weighted by atomic mass is 32.1. The van der Waals surface area contributed by atoms with E-state index in [0.29, 0.717) is 30.1 Å². The number of nitrogen functional groups attached to an aromatic ring is 1. The van der Waals surface area contributed by atoms with Gasteiger partial charge in [-0.3, -0.25) is 4.79 Å². The highest BCUT2D eigenvalue weighted by Crippen LogP contribution is 2.33. The quantitative estimate of drug-likeness (QED) is 0.186. The third-order valence-electron chi connectivity index (χ3n) is 5.03. The van der Waals surface area contributed by atoms with Gasteiger partial charge in [-0.2, -0.15) is 11.3 Å². The maximum Gasteiger partial charge on any atom is 0.265 e. The molecule has 1 atom stereocenters. The van der Waals surface area contributed by atoms with Crippen LogP contribution >= 0.6 is 20.1 Å². The van der Waals surface area contributed by atoms with Gasteiger partial charge in [0.05, 0.1) is 5.69 Å². The first-order valence-electron chi connectivity index (χ1n) is 10.7. The van der Waals surface area contributed by atoms with Crippen molar-refractivity contribution in [3.8, 4) is 16.9 Å². The number of pyridine rings is 1. The number of anilines is 1. The van der Waals surface area contributed by atoms with Gasteiger partial charge in [-0.1, -0.05) is 20.8 Å². The maximum absolute atomic E-state index is 13.4. The first-order valence-corrected chi connectivity index (χ1v) is 12.6. The second-order valence-corrected chi connectivity index (χ2v) is 10.7. The van der Waals surface area contributed by atoms with Crippen LogP contribution in [0, 0.1) is 5.41 Å². The average Bonchev–Trinajstić information content (AvgIpc) is 3.27. The summed E-state index contributed by atoms with van der Waals surface area (Å²) in [6.07, 6.45) is 2.49. The van der Waals surface area contributed by atoms with Crippen LogP contribution in [0.3, 0.4) is 0 Å². The van der Waals surface area contributed by atoms with Gasteiger partial charge >= 0.3 is 0 Å². The normalized spacial score (nSPS) is 12.7. The standard InChI is InChI=1S/C24H31N4O3PS/c1-5-31-32-19-12-16(25)6-7-18(19)27-22(26)20-21(29)17(15-8-11-33-14-15)13-28(23(20)30)10-9-24(2,3)4/h6-8,11-14,29,32H,5,9-10,25H2,1-4H3,(H2,26,27). The van der Waals surface area contributed by atoms with E-state index in [1.54, 1.807) is 29.0 Å². The highest BCUT2D eigenvalue weighted by molar-refractivity contribution is 7.42.